The molecule has 1 atom stereocenters. The molecule has 6 heteroatoms. The summed E-state index contributed by atoms with van der Waals surface area (Å²) in [5.74, 6) is -0.670. The molecule has 3 nitrogen and oxygen atoms in total. The molecule has 0 amide bonds. The number of carbonyl (C=O) groups is 1. The van der Waals surface area contributed by atoms with Crippen LogP contribution in [0.3, 0.4) is 0 Å². The molecular formula is C15H11Cl3O3. The van der Waals surface area contributed by atoms with Crippen LogP contribution in [-0.4, -0.2) is 17.2 Å². The molecule has 0 aromatic heterocycles. The number of hydrogen-bond acceptors (Lipinski definition) is 2. The van der Waals surface area contributed by atoms with Crippen molar-refractivity contribution in [3.05, 3.63) is 63.1 Å². The highest BCUT2D eigenvalue weighted by atomic mass is 35.5. The maximum absolute atomic E-state index is 11.3. The molecule has 0 radical (unpaired) electrons. The third kappa shape index (κ3) is 4.53. The molecule has 2 rings (SSSR count). The van der Waals surface area contributed by atoms with Crippen LogP contribution < -0.4 is 4.74 Å². The summed E-state index contributed by atoms with van der Waals surface area (Å²) in [6, 6.07) is 11.5. The summed E-state index contributed by atoms with van der Waals surface area (Å²) in [6.07, 6.45) is -0.876. The van der Waals surface area contributed by atoms with Crippen molar-refractivity contribution in [3.8, 4) is 5.75 Å². The summed E-state index contributed by atoms with van der Waals surface area (Å²) in [7, 11) is 0. The molecule has 0 heterocycles. The van der Waals surface area contributed by atoms with Crippen LogP contribution in [-0.2, 0) is 11.2 Å². The molecule has 21 heavy (non-hydrogen) atoms. The largest absolute Gasteiger partial charge is 0.478 e. The van der Waals surface area contributed by atoms with Gasteiger partial charge in [-0.25, -0.2) is 4.79 Å². The number of carboxylic acids is 1. The van der Waals surface area contributed by atoms with Crippen molar-refractivity contribution >= 4 is 40.8 Å². The lowest BCUT2D eigenvalue weighted by molar-refractivity contribution is -0.145. The fourth-order valence-electron chi connectivity index (χ4n) is 1.76. The molecule has 0 aliphatic carbocycles. The van der Waals surface area contributed by atoms with Crippen LogP contribution in [0.4, 0.5) is 0 Å². The van der Waals surface area contributed by atoms with Gasteiger partial charge >= 0.3 is 5.97 Å². The van der Waals surface area contributed by atoms with E-state index in [2.05, 4.69) is 0 Å². The number of ether oxygens (including phenoxy) is 1. The Kier molecular flexibility index (Phi) is 5.34. The number of benzene rings is 2. The van der Waals surface area contributed by atoms with Crippen molar-refractivity contribution in [2.45, 2.75) is 12.5 Å². The molecule has 0 aliphatic heterocycles. The first-order valence-corrected chi connectivity index (χ1v) is 7.18. The quantitative estimate of drug-likeness (QED) is 0.852. The molecule has 2 aromatic rings. The lowest BCUT2D eigenvalue weighted by Crippen LogP contribution is -2.29. The highest BCUT2D eigenvalue weighted by molar-refractivity contribution is 6.42. The smallest absolute Gasteiger partial charge is 0.345 e. The van der Waals surface area contributed by atoms with E-state index in [1.54, 1.807) is 42.5 Å². The van der Waals surface area contributed by atoms with Gasteiger partial charge in [-0.05, 0) is 35.9 Å². The Labute approximate surface area is 137 Å². The molecule has 1 N–H and O–H groups in total. The van der Waals surface area contributed by atoms with E-state index >= 15 is 0 Å². The average molecular weight is 346 g/mol. The molecule has 2 aromatic carbocycles. The van der Waals surface area contributed by atoms with Crippen molar-refractivity contribution in [1.29, 1.82) is 0 Å². The van der Waals surface area contributed by atoms with Gasteiger partial charge in [0.05, 0.1) is 10.0 Å². The van der Waals surface area contributed by atoms with E-state index in [1.807, 2.05) is 0 Å². The predicted molar refractivity (Wildman–Crippen MR) is 83.7 cm³/mol. The lowest BCUT2D eigenvalue weighted by atomic mass is 10.1. The standard InChI is InChI=1S/C15H11Cl3O3/c16-10-2-1-3-11(8-10)21-14(15(19)20)7-9-4-5-12(17)13(18)6-9/h1-6,8,14H,7H2,(H,19,20)/t14-/m1/s1. The van der Waals surface area contributed by atoms with Crippen molar-refractivity contribution in [2.24, 2.45) is 0 Å². The Morgan fingerprint density at radius 2 is 1.86 bits per heavy atom. The second-order valence-electron chi connectivity index (χ2n) is 4.35. The Hall–Kier alpha value is -1.42. The topological polar surface area (TPSA) is 46.5 Å². The van der Waals surface area contributed by atoms with Crippen molar-refractivity contribution in [2.75, 3.05) is 0 Å². The SMILES string of the molecule is O=C(O)[C@@H](Cc1ccc(Cl)c(Cl)c1)Oc1cccc(Cl)c1. The average Bonchev–Trinajstić information content (AvgIpc) is 2.42. The van der Waals surface area contributed by atoms with Gasteiger partial charge in [0.25, 0.3) is 0 Å². The second kappa shape index (κ2) is 7.03. The molecule has 0 unspecified atom stereocenters. The monoisotopic (exact) mass is 344 g/mol. The normalized spacial score (nSPS) is 12.0. The first-order chi connectivity index (χ1) is 9.95. The van der Waals surface area contributed by atoms with E-state index in [-0.39, 0.29) is 6.42 Å². The number of halogens is 3. The Bertz CT molecular complexity index is 658. The summed E-state index contributed by atoms with van der Waals surface area (Å²) < 4.78 is 5.47. The van der Waals surface area contributed by atoms with E-state index in [4.69, 9.17) is 39.5 Å². The van der Waals surface area contributed by atoms with E-state index in [0.29, 0.717) is 20.8 Å². The van der Waals surface area contributed by atoms with Crippen LogP contribution in [0.2, 0.25) is 15.1 Å². The molecule has 110 valence electrons. The van der Waals surface area contributed by atoms with E-state index in [0.717, 1.165) is 5.56 Å². The maximum atomic E-state index is 11.3. The van der Waals surface area contributed by atoms with Gasteiger partial charge in [0.1, 0.15) is 5.75 Å². The summed E-state index contributed by atoms with van der Waals surface area (Å²) >= 11 is 17.6. The van der Waals surface area contributed by atoms with Gasteiger partial charge in [0.2, 0.25) is 0 Å². The molecular weight excluding hydrogens is 335 g/mol. The third-order valence-electron chi connectivity index (χ3n) is 2.75. The Balaban J connectivity index is 2.15. The molecule has 0 saturated carbocycles. The Morgan fingerprint density at radius 1 is 1.10 bits per heavy atom. The predicted octanol–water partition coefficient (Wildman–Crippen LogP) is 4.72. The van der Waals surface area contributed by atoms with Crippen LogP contribution in [0.15, 0.2) is 42.5 Å². The van der Waals surface area contributed by atoms with Gasteiger partial charge < -0.3 is 9.84 Å². The first-order valence-electron chi connectivity index (χ1n) is 6.04. The van der Waals surface area contributed by atoms with Crippen LogP contribution in [0, 0.1) is 0 Å². The van der Waals surface area contributed by atoms with Gasteiger partial charge in [-0.3, -0.25) is 0 Å². The molecule has 0 bridgehead atoms. The molecule has 0 fully saturated rings. The van der Waals surface area contributed by atoms with Crippen molar-refractivity contribution < 1.29 is 14.6 Å². The highest BCUT2D eigenvalue weighted by Crippen LogP contribution is 2.24. The van der Waals surface area contributed by atoms with Crippen molar-refractivity contribution in [3.63, 3.8) is 0 Å². The highest BCUT2D eigenvalue weighted by Gasteiger charge is 2.20. The zero-order valence-electron chi connectivity index (χ0n) is 10.7. The minimum atomic E-state index is -1.07. The van der Waals surface area contributed by atoms with E-state index in [9.17, 15) is 9.90 Å². The summed E-state index contributed by atoms with van der Waals surface area (Å²) in [5.41, 5.74) is 0.721. The number of carboxylic acid groups (broad SMARTS) is 1. The summed E-state index contributed by atoms with van der Waals surface area (Å²) in [4.78, 5) is 11.3. The van der Waals surface area contributed by atoms with Gasteiger partial charge in [-0.1, -0.05) is 46.9 Å². The van der Waals surface area contributed by atoms with E-state index < -0.39 is 12.1 Å². The van der Waals surface area contributed by atoms with Crippen LogP contribution in [0.5, 0.6) is 5.75 Å². The zero-order chi connectivity index (χ0) is 15.4. The lowest BCUT2D eigenvalue weighted by Gasteiger charge is -2.15. The van der Waals surface area contributed by atoms with Gasteiger partial charge in [-0.15, -0.1) is 0 Å². The van der Waals surface area contributed by atoms with E-state index in [1.165, 1.54) is 0 Å². The fourth-order valence-corrected chi connectivity index (χ4v) is 2.27. The summed E-state index contributed by atoms with van der Waals surface area (Å²) in [6.45, 7) is 0. The third-order valence-corrected chi connectivity index (χ3v) is 3.73. The minimum absolute atomic E-state index is 0.165. The number of hydrogen-bond donors (Lipinski definition) is 1. The minimum Gasteiger partial charge on any atom is -0.478 e. The Morgan fingerprint density at radius 3 is 2.48 bits per heavy atom. The summed E-state index contributed by atoms with van der Waals surface area (Å²) in [5, 5.41) is 10.5. The van der Waals surface area contributed by atoms with Crippen molar-refractivity contribution in [1.82, 2.24) is 0 Å². The first kappa shape index (κ1) is 16.0. The van der Waals surface area contributed by atoms with Crippen LogP contribution >= 0.6 is 34.8 Å². The maximum Gasteiger partial charge on any atom is 0.345 e. The van der Waals surface area contributed by atoms with Gasteiger partial charge in [-0.2, -0.15) is 0 Å². The molecule has 0 saturated heterocycles. The number of rotatable bonds is 5. The van der Waals surface area contributed by atoms with Crippen LogP contribution in [0.1, 0.15) is 5.56 Å². The molecule has 0 aliphatic rings. The zero-order valence-corrected chi connectivity index (χ0v) is 13.0. The second-order valence-corrected chi connectivity index (χ2v) is 5.61. The van der Waals surface area contributed by atoms with Crippen LogP contribution in [0.25, 0.3) is 0 Å². The fraction of sp³-hybridized carbons (Fsp3) is 0.133. The molecule has 0 spiro atoms. The number of aliphatic carboxylic acids is 1. The van der Waals surface area contributed by atoms with Gasteiger partial charge in [0.15, 0.2) is 6.10 Å². The van der Waals surface area contributed by atoms with Gasteiger partial charge in [0, 0.05) is 11.4 Å².